The molecule has 1 aromatic heterocycles. The maximum Gasteiger partial charge on any atom is 0.354 e. The summed E-state index contributed by atoms with van der Waals surface area (Å²) in [6, 6.07) is 6.70. The summed E-state index contributed by atoms with van der Waals surface area (Å²) < 4.78 is 1.74. The molecule has 0 amide bonds. The van der Waals surface area contributed by atoms with E-state index in [0.29, 0.717) is 10.1 Å². The number of rotatable bonds is 4. The molecule has 0 bridgehead atoms. The number of para-hydroxylation sites is 1. The summed E-state index contributed by atoms with van der Waals surface area (Å²) in [6.45, 7) is 2.17. The first-order chi connectivity index (χ1) is 13.8. The van der Waals surface area contributed by atoms with E-state index >= 15 is 0 Å². The van der Waals surface area contributed by atoms with Crippen LogP contribution in [0.4, 0.5) is 0 Å². The van der Waals surface area contributed by atoms with Crippen molar-refractivity contribution in [2.45, 2.75) is 32.2 Å². The highest BCUT2D eigenvalue weighted by Crippen LogP contribution is 2.35. The van der Waals surface area contributed by atoms with Gasteiger partial charge in [0.2, 0.25) is 6.23 Å². The van der Waals surface area contributed by atoms with E-state index < -0.39 is 23.4 Å². The van der Waals surface area contributed by atoms with Crippen LogP contribution in [0.25, 0.3) is 10.9 Å². The van der Waals surface area contributed by atoms with Crippen molar-refractivity contribution in [1.82, 2.24) is 14.0 Å². The lowest BCUT2D eigenvalue weighted by molar-refractivity contribution is -0.152. The van der Waals surface area contributed by atoms with E-state index in [-0.39, 0.29) is 18.0 Å². The summed E-state index contributed by atoms with van der Waals surface area (Å²) in [7, 11) is 1.97. The molecule has 0 spiro atoms. The molecule has 0 radical (unpaired) electrons. The number of aliphatic hydroxyl groups is 1. The van der Waals surface area contributed by atoms with Crippen LogP contribution in [0.5, 0.6) is 0 Å². The molecular formula is C21H21N3O5. The molecule has 0 saturated carbocycles. The predicted molar refractivity (Wildman–Crippen MR) is 107 cm³/mol. The van der Waals surface area contributed by atoms with Crippen molar-refractivity contribution in [2.75, 3.05) is 7.05 Å². The molecule has 2 atom stereocenters. The molecule has 2 aromatic rings. The van der Waals surface area contributed by atoms with Gasteiger partial charge >= 0.3 is 11.7 Å². The Morgan fingerprint density at radius 1 is 1.28 bits per heavy atom. The average Bonchev–Trinajstić information content (AvgIpc) is 3.02. The highest BCUT2D eigenvalue weighted by Gasteiger charge is 2.31. The molecule has 1 aliphatic heterocycles. The Kier molecular flexibility index (Phi) is 4.50. The van der Waals surface area contributed by atoms with Gasteiger partial charge in [-0.2, -0.15) is 0 Å². The second-order valence-electron chi connectivity index (χ2n) is 7.34. The van der Waals surface area contributed by atoms with Crippen LogP contribution in [0.1, 0.15) is 19.6 Å². The normalized spacial score (nSPS) is 19.5. The molecule has 2 heterocycles. The third-order valence-corrected chi connectivity index (χ3v) is 5.56. The number of benzene rings is 1. The average molecular weight is 395 g/mol. The number of likely N-dealkylation sites (N-methyl/N-ethyl adjacent to an activating group) is 1. The fourth-order valence-electron chi connectivity index (χ4n) is 4.20. The van der Waals surface area contributed by atoms with Gasteiger partial charge in [0, 0.05) is 13.2 Å². The molecule has 1 unspecified atom stereocenters. The van der Waals surface area contributed by atoms with Crippen molar-refractivity contribution in [2.24, 2.45) is 0 Å². The van der Waals surface area contributed by atoms with E-state index in [1.165, 1.54) is 10.6 Å². The van der Waals surface area contributed by atoms with E-state index in [4.69, 9.17) is 5.11 Å². The highest BCUT2D eigenvalue weighted by atomic mass is 16.4. The lowest BCUT2D eigenvalue weighted by Gasteiger charge is -2.25. The number of hydrogen-bond acceptors (Lipinski definition) is 5. The second kappa shape index (κ2) is 6.89. The van der Waals surface area contributed by atoms with Crippen LogP contribution in [0.15, 0.2) is 68.9 Å². The van der Waals surface area contributed by atoms with Gasteiger partial charge in [-0.05, 0) is 42.2 Å². The maximum absolute atomic E-state index is 13.1. The van der Waals surface area contributed by atoms with E-state index in [2.05, 4.69) is 17.1 Å². The fourth-order valence-corrected chi connectivity index (χ4v) is 4.20. The molecule has 1 aliphatic carbocycles. The Labute approximate surface area is 165 Å². The van der Waals surface area contributed by atoms with Gasteiger partial charge in [-0.25, -0.2) is 14.2 Å². The zero-order valence-electron chi connectivity index (χ0n) is 16.1. The number of carboxylic acid groups (broad SMARTS) is 1. The highest BCUT2D eigenvalue weighted by molar-refractivity contribution is 5.78. The van der Waals surface area contributed by atoms with Crippen molar-refractivity contribution in [3.63, 3.8) is 0 Å². The van der Waals surface area contributed by atoms with Crippen LogP contribution >= 0.6 is 0 Å². The first kappa shape index (κ1) is 18.9. The van der Waals surface area contributed by atoms with Crippen LogP contribution in [-0.2, 0) is 11.3 Å². The minimum atomic E-state index is -2.25. The van der Waals surface area contributed by atoms with Crippen molar-refractivity contribution in [3.05, 3.63) is 80.2 Å². The predicted octanol–water partition coefficient (Wildman–Crippen LogP) is 1.21. The zero-order valence-corrected chi connectivity index (χ0v) is 16.1. The number of nitrogens with zero attached hydrogens (tertiary/aromatic N) is 3. The quantitative estimate of drug-likeness (QED) is 0.806. The lowest BCUT2D eigenvalue weighted by Crippen LogP contribution is -2.44. The summed E-state index contributed by atoms with van der Waals surface area (Å²) in [6.07, 6.45) is 4.74. The van der Waals surface area contributed by atoms with Crippen LogP contribution in [-0.4, -0.2) is 43.3 Å². The van der Waals surface area contributed by atoms with Crippen LogP contribution in [0, 0.1) is 0 Å². The Morgan fingerprint density at radius 3 is 2.72 bits per heavy atom. The monoisotopic (exact) mass is 395 g/mol. The third kappa shape index (κ3) is 2.92. The standard InChI is InChI=1S/C21H21N3O5/c1-12-6-5-9-16-17(12)13(10-22(16)2)11-23-15-8-4-3-7-14(15)18(25)24(21(23)29)19(26)20(27)28/h3-8,10,16,19,26H,9,11H2,1-2H3,(H,27,28)/t16?,19-/m1/s1. The second-order valence-corrected chi connectivity index (χ2v) is 7.34. The summed E-state index contributed by atoms with van der Waals surface area (Å²) in [5, 5.41) is 19.3. The van der Waals surface area contributed by atoms with Gasteiger partial charge in [0.15, 0.2) is 0 Å². The summed E-state index contributed by atoms with van der Waals surface area (Å²) in [4.78, 5) is 39.2. The number of allylic oxidation sites excluding steroid dienone is 2. The molecule has 0 saturated heterocycles. The van der Waals surface area contributed by atoms with Gasteiger partial charge in [-0.3, -0.25) is 9.36 Å². The molecule has 2 N–H and O–H groups in total. The van der Waals surface area contributed by atoms with E-state index in [1.807, 2.05) is 20.2 Å². The summed E-state index contributed by atoms with van der Waals surface area (Å²) in [5.41, 5.74) is 1.86. The van der Waals surface area contributed by atoms with Gasteiger partial charge in [0.1, 0.15) is 0 Å². The summed E-state index contributed by atoms with van der Waals surface area (Å²) in [5.74, 6) is -1.66. The molecule has 4 rings (SSSR count). The number of aliphatic hydroxyl groups excluding tert-OH is 1. The molecule has 29 heavy (non-hydrogen) atoms. The van der Waals surface area contributed by atoms with E-state index in [9.17, 15) is 19.5 Å². The van der Waals surface area contributed by atoms with Crippen molar-refractivity contribution >= 4 is 16.9 Å². The lowest BCUT2D eigenvalue weighted by atomic mass is 9.90. The number of fused-ring (bicyclic) bond motifs is 2. The molecule has 1 aromatic carbocycles. The largest absolute Gasteiger partial charge is 0.478 e. The molecule has 0 fully saturated rings. The van der Waals surface area contributed by atoms with Gasteiger partial charge < -0.3 is 15.1 Å². The number of hydrogen-bond donors (Lipinski definition) is 2. The van der Waals surface area contributed by atoms with Crippen LogP contribution in [0.3, 0.4) is 0 Å². The van der Waals surface area contributed by atoms with Gasteiger partial charge in [-0.1, -0.05) is 24.3 Å². The Morgan fingerprint density at radius 2 is 2.00 bits per heavy atom. The van der Waals surface area contributed by atoms with Gasteiger partial charge in [0.05, 0.1) is 23.5 Å². The van der Waals surface area contributed by atoms with Crippen molar-refractivity contribution in [3.8, 4) is 0 Å². The Balaban J connectivity index is 1.94. The number of carboxylic acids is 1. The number of carbonyl (C=O) groups is 1. The van der Waals surface area contributed by atoms with E-state index in [0.717, 1.165) is 23.1 Å². The smallest absolute Gasteiger partial charge is 0.354 e. The molecular weight excluding hydrogens is 374 g/mol. The fraction of sp³-hybridized carbons (Fsp3) is 0.286. The van der Waals surface area contributed by atoms with Gasteiger partial charge in [0.25, 0.3) is 5.56 Å². The first-order valence-corrected chi connectivity index (χ1v) is 9.26. The van der Waals surface area contributed by atoms with Crippen LogP contribution < -0.4 is 11.2 Å². The SMILES string of the molecule is CC1=C2C(Cn3c(=O)n([C@H](O)C(=O)O)c(=O)c4ccccc43)=CN(C)C2CC=C1. The van der Waals surface area contributed by atoms with Crippen molar-refractivity contribution in [1.29, 1.82) is 0 Å². The molecule has 8 heteroatoms. The third-order valence-electron chi connectivity index (χ3n) is 5.56. The molecule has 150 valence electrons. The molecule has 2 aliphatic rings. The Hall–Kier alpha value is -3.39. The zero-order chi connectivity index (χ0) is 20.9. The molecule has 8 nitrogen and oxygen atoms in total. The van der Waals surface area contributed by atoms with Crippen molar-refractivity contribution < 1.29 is 15.0 Å². The topological polar surface area (TPSA) is 105 Å². The van der Waals surface area contributed by atoms with E-state index in [1.54, 1.807) is 18.2 Å². The Bertz CT molecular complexity index is 1230. The summed E-state index contributed by atoms with van der Waals surface area (Å²) >= 11 is 0. The minimum Gasteiger partial charge on any atom is -0.478 e. The maximum atomic E-state index is 13.1. The first-order valence-electron chi connectivity index (χ1n) is 9.26. The van der Waals surface area contributed by atoms with Crippen LogP contribution in [0.2, 0.25) is 0 Å². The minimum absolute atomic E-state index is 0.160. The van der Waals surface area contributed by atoms with Gasteiger partial charge in [-0.15, -0.1) is 0 Å². The number of aromatic nitrogens is 2. The number of aliphatic carboxylic acids is 1.